The Kier molecular flexibility index (Phi) is 7.48. The highest BCUT2D eigenvalue weighted by Gasteiger charge is 2.23. The molecule has 3 aromatic rings. The topological polar surface area (TPSA) is 96.8 Å². The van der Waals surface area contributed by atoms with Gasteiger partial charge in [0.2, 0.25) is 10.0 Å². The van der Waals surface area contributed by atoms with Crippen molar-refractivity contribution in [3.05, 3.63) is 66.1 Å². The van der Waals surface area contributed by atoms with Gasteiger partial charge in [-0.05, 0) is 36.4 Å². The van der Waals surface area contributed by atoms with Gasteiger partial charge in [-0.2, -0.15) is 9.40 Å². The van der Waals surface area contributed by atoms with E-state index in [2.05, 4.69) is 15.3 Å². The summed E-state index contributed by atoms with van der Waals surface area (Å²) in [5.41, 5.74) is 1.99. The number of amides is 1. The van der Waals surface area contributed by atoms with Gasteiger partial charge in [0.15, 0.2) is 0 Å². The number of aromatic nitrogens is 2. The first-order valence-corrected chi connectivity index (χ1v) is 13.1. The number of nitrogens with one attached hydrogen (secondary N) is 1. The minimum absolute atomic E-state index is 0.0362. The SMILES string of the molecule is Cn1nccc1-c1cc(NC(=O)c2ccccc2F)ccc1OCCN1CCN(S(C)(=O)=O)CC1. The molecule has 186 valence electrons. The first-order valence-electron chi connectivity index (χ1n) is 11.2. The van der Waals surface area contributed by atoms with Gasteiger partial charge in [-0.25, -0.2) is 12.8 Å². The molecule has 2 aromatic carbocycles. The summed E-state index contributed by atoms with van der Waals surface area (Å²) in [6, 6.07) is 12.9. The summed E-state index contributed by atoms with van der Waals surface area (Å²) in [4.78, 5) is 14.7. The molecule has 1 N–H and O–H groups in total. The number of sulfonamides is 1. The Morgan fingerprint density at radius 3 is 2.51 bits per heavy atom. The molecule has 9 nitrogen and oxygen atoms in total. The fourth-order valence-corrected chi connectivity index (χ4v) is 4.81. The van der Waals surface area contributed by atoms with Crippen LogP contribution in [0.1, 0.15) is 10.4 Å². The molecule has 1 aliphatic heterocycles. The lowest BCUT2D eigenvalue weighted by Gasteiger charge is -2.33. The second-order valence-electron chi connectivity index (χ2n) is 8.34. The van der Waals surface area contributed by atoms with Gasteiger partial charge in [0.25, 0.3) is 5.91 Å². The summed E-state index contributed by atoms with van der Waals surface area (Å²) in [5.74, 6) is -0.512. The van der Waals surface area contributed by atoms with Gasteiger partial charge in [0.1, 0.15) is 18.2 Å². The Bertz CT molecular complexity index is 1300. The van der Waals surface area contributed by atoms with E-state index < -0.39 is 21.7 Å². The van der Waals surface area contributed by atoms with Gasteiger partial charge in [-0.3, -0.25) is 14.4 Å². The number of aryl methyl sites for hydroxylation is 1. The summed E-state index contributed by atoms with van der Waals surface area (Å²) in [6.45, 7) is 3.28. The van der Waals surface area contributed by atoms with E-state index in [1.807, 2.05) is 13.1 Å². The smallest absolute Gasteiger partial charge is 0.258 e. The zero-order valence-corrected chi connectivity index (χ0v) is 20.5. The molecule has 0 atom stereocenters. The Balaban J connectivity index is 1.45. The molecule has 0 aliphatic carbocycles. The molecular formula is C24H28FN5O4S. The van der Waals surface area contributed by atoms with Crippen LogP contribution in [0.5, 0.6) is 5.75 Å². The first kappa shape index (κ1) is 24.8. The van der Waals surface area contributed by atoms with Crippen molar-refractivity contribution in [1.82, 2.24) is 19.0 Å². The number of hydrogen-bond acceptors (Lipinski definition) is 6. The normalized spacial score (nSPS) is 15.2. The fraction of sp³-hybridized carbons (Fsp3) is 0.333. The molecule has 35 heavy (non-hydrogen) atoms. The highest BCUT2D eigenvalue weighted by molar-refractivity contribution is 7.88. The summed E-state index contributed by atoms with van der Waals surface area (Å²) in [5, 5.41) is 6.97. The number of rotatable bonds is 8. The van der Waals surface area contributed by atoms with E-state index in [0.29, 0.717) is 50.8 Å². The van der Waals surface area contributed by atoms with E-state index in [4.69, 9.17) is 4.74 Å². The van der Waals surface area contributed by atoms with Crippen LogP contribution in [0.15, 0.2) is 54.7 Å². The van der Waals surface area contributed by atoms with E-state index in [0.717, 1.165) is 11.3 Å². The molecule has 1 saturated heterocycles. The van der Waals surface area contributed by atoms with Crippen LogP contribution in [0.4, 0.5) is 10.1 Å². The van der Waals surface area contributed by atoms with Crippen LogP contribution in [-0.4, -0.2) is 78.9 Å². The number of nitrogens with zero attached hydrogens (tertiary/aromatic N) is 4. The quantitative estimate of drug-likeness (QED) is 0.509. The summed E-state index contributed by atoms with van der Waals surface area (Å²) in [6.07, 6.45) is 2.90. The van der Waals surface area contributed by atoms with Crippen molar-refractivity contribution < 1.29 is 22.3 Å². The number of ether oxygens (including phenoxy) is 1. The molecule has 0 bridgehead atoms. The van der Waals surface area contributed by atoms with Gasteiger partial charge in [-0.1, -0.05) is 12.1 Å². The number of benzene rings is 2. The molecule has 0 unspecified atom stereocenters. The van der Waals surface area contributed by atoms with Crippen molar-refractivity contribution in [2.24, 2.45) is 7.05 Å². The molecule has 11 heteroatoms. The Morgan fingerprint density at radius 1 is 1.11 bits per heavy atom. The highest BCUT2D eigenvalue weighted by atomic mass is 32.2. The number of carbonyl (C=O) groups excluding carboxylic acids is 1. The van der Waals surface area contributed by atoms with Crippen LogP contribution in [0.25, 0.3) is 11.3 Å². The van der Waals surface area contributed by atoms with Crippen LogP contribution in [0.3, 0.4) is 0 Å². The number of hydrogen-bond donors (Lipinski definition) is 1. The van der Waals surface area contributed by atoms with E-state index in [1.165, 1.54) is 28.8 Å². The third kappa shape index (κ3) is 6.05. The summed E-state index contributed by atoms with van der Waals surface area (Å²) in [7, 11) is -1.35. The molecular weight excluding hydrogens is 473 g/mol. The van der Waals surface area contributed by atoms with Gasteiger partial charge < -0.3 is 10.1 Å². The number of anilines is 1. The zero-order valence-electron chi connectivity index (χ0n) is 19.6. The van der Waals surface area contributed by atoms with Crippen LogP contribution >= 0.6 is 0 Å². The predicted molar refractivity (Wildman–Crippen MR) is 131 cm³/mol. The molecule has 1 aromatic heterocycles. The largest absolute Gasteiger partial charge is 0.492 e. The van der Waals surface area contributed by atoms with Crippen LogP contribution in [-0.2, 0) is 17.1 Å². The molecule has 1 fully saturated rings. The van der Waals surface area contributed by atoms with Crippen molar-refractivity contribution in [1.29, 1.82) is 0 Å². The lowest BCUT2D eigenvalue weighted by Crippen LogP contribution is -2.49. The minimum Gasteiger partial charge on any atom is -0.492 e. The van der Waals surface area contributed by atoms with Gasteiger partial charge in [-0.15, -0.1) is 0 Å². The van der Waals surface area contributed by atoms with Crippen molar-refractivity contribution in [2.75, 3.05) is 50.9 Å². The molecule has 0 saturated carbocycles. The molecule has 4 rings (SSSR count). The highest BCUT2D eigenvalue weighted by Crippen LogP contribution is 2.32. The van der Waals surface area contributed by atoms with Crippen molar-refractivity contribution in [3.8, 4) is 17.0 Å². The zero-order chi connectivity index (χ0) is 25.0. The van der Waals surface area contributed by atoms with E-state index >= 15 is 0 Å². The van der Waals surface area contributed by atoms with Crippen molar-refractivity contribution in [3.63, 3.8) is 0 Å². The predicted octanol–water partition coefficient (Wildman–Crippen LogP) is 2.43. The van der Waals surface area contributed by atoms with Crippen molar-refractivity contribution in [2.45, 2.75) is 0 Å². The van der Waals surface area contributed by atoms with Gasteiger partial charge in [0, 0.05) is 57.2 Å². The van der Waals surface area contributed by atoms with Crippen LogP contribution in [0, 0.1) is 5.82 Å². The van der Waals surface area contributed by atoms with E-state index in [-0.39, 0.29) is 5.56 Å². The number of carbonyl (C=O) groups is 1. The maximum Gasteiger partial charge on any atom is 0.258 e. The van der Waals surface area contributed by atoms with Gasteiger partial charge in [0.05, 0.1) is 17.5 Å². The first-order chi connectivity index (χ1) is 16.7. The maximum atomic E-state index is 14.0. The number of piperazine rings is 1. The summed E-state index contributed by atoms with van der Waals surface area (Å²) >= 11 is 0. The van der Waals surface area contributed by atoms with Gasteiger partial charge >= 0.3 is 0 Å². The fourth-order valence-electron chi connectivity index (χ4n) is 3.99. The molecule has 1 amide bonds. The Morgan fingerprint density at radius 2 is 1.86 bits per heavy atom. The molecule has 0 radical (unpaired) electrons. The molecule has 0 spiro atoms. The van der Waals surface area contributed by atoms with E-state index in [9.17, 15) is 17.6 Å². The monoisotopic (exact) mass is 501 g/mol. The third-order valence-electron chi connectivity index (χ3n) is 5.92. The van der Waals surface area contributed by atoms with Crippen LogP contribution < -0.4 is 10.1 Å². The molecule has 1 aliphatic rings. The summed E-state index contributed by atoms with van der Waals surface area (Å²) < 4.78 is 46.7. The second kappa shape index (κ2) is 10.5. The van der Waals surface area contributed by atoms with Crippen molar-refractivity contribution >= 4 is 21.6 Å². The lowest BCUT2D eigenvalue weighted by molar-refractivity contribution is 0.102. The van der Waals surface area contributed by atoms with Crippen LogP contribution in [0.2, 0.25) is 0 Å². The maximum absolute atomic E-state index is 14.0. The Hall–Kier alpha value is -3.28. The number of halogens is 1. The average Bonchev–Trinajstić information content (AvgIpc) is 3.25. The minimum atomic E-state index is -3.16. The average molecular weight is 502 g/mol. The van der Waals surface area contributed by atoms with E-state index in [1.54, 1.807) is 35.1 Å². The second-order valence-corrected chi connectivity index (χ2v) is 10.3. The third-order valence-corrected chi connectivity index (χ3v) is 7.22. The standard InChI is InChI=1S/C24H28FN5O4S/c1-28-22(9-10-26-28)20-17-18(27-24(31)19-5-3-4-6-21(19)25)7-8-23(20)34-16-15-29-11-13-30(14-12-29)35(2,32)33/h3-10,17H,11-16H2,1-2H3,(H,27,31). The lowest BCUT2D eigenvalue weighted by atomic mass is 10.1. The molecule has 2 heterocycles. The Labute approximate surface area is 204 Å².